The molecule has 2 rings (SSSR count). The molecule has 0 unspecified atom stereocenters. The predicted octanol–water partition coefficient (Wildman–Crippen LogP) is 2.68. The summed E-state index contributed by atoms with van der Waals surface area (Å²) in [4.78, 5) is 8.60. The number of anilines is 1. The Balaban J connectivity index is 2.00. The first kappa shape index (κ1) is 12.5. The normalized spacial score (nSPS) is 10.1. The highest BCUT2D eigenvalue weighted by Crippen LogP contribution is 2.15. The average molecular weight is 258 g/mol. The topological polar surface area (TPSA) is 61.6 Å². The maximum atomic E-state index is 8.97. The minimum atomic E-state index is 0.667. The molecule has 0 saturated heterocycles. The summed E-state index contributed by atoms with van der Waals surface area (Å²) in [7, 11) is 0. The van der Waals surface area contributed by atoms with Crippen LogP contribution in [0.4, 0.5) is 5.82 Å². The summed E-state index contributed by atoms with van der Waals surface area (Å²) < 4.78 is 0. The van der Waals surface area contributed by atoms with Gasteiger partial charge in [0.25, 0.3) is 0 Å². The Morgan fingerprint density at radius 2 is 2.28 bits per heavy atom. The zero-order valence-corrected chi connectivity index (χ0v) is 11.2. The molecule has 1 N–H and O–H groups in total. The van der Waals surface area contributed by atoms with Crippen LogP contribution in [-0.2, 0) is 6.42 Å². The molecule has 92 valence electrons. The van der Waals surface area contributed by atoms with E-state index in [4.69, 9.17) is 5.26 Å². The van der Waals surface area contributed by atoms with Crippen LogP contribution in [0.15, 0.2) is 17.0 Å². The number of aromatic nitrogens is 2. The van der Waals surface area contributed by atoms with Crippen LogP contribution in [0.2, 0.25) is 0 Å². The lowest BCUT2D eigenvalue weighted by atomic mass is 10.1. The molecule has 2 heterocycles. The van der Waals surface area contributed by atoms with Crippen LogP contribution in [0, 0.1) is 25.2 Å². The number of hydrogen-bond acceptors (Lipinski definition) is 5. The lowest BCUT2D eigenvalue weighted by molar-refractivity contribution is 0.963. The van der Waals surface area contributed by atoms with Gasteiger partial charge in [0.05, 0.1) is 22.5 Å². The summed E-state index contributed by atoms with van der Waals surface area (Å²) in [5.41, 5.74) is 5.33. The van der Waals surface area contributed by atoms with Gasteiger partial charge in [0.15, 0.2) is 0 Å². The second-order valence-electron chi connectivity index (χ2n) is 4.05. The van der Waals surface area contributed by atoms with E-state index in [9.17, 15) is 0 Å². The quantitative estimate of drug-likeness (QED) is 0.916. The van der Waals surface area contributed by atoms with Crippen LogP contribution < -0.4 is 5.32 Å². The third-order valence-electron chi connectivity index (χ3n) is 2.68. The molecule has 2 aromatic rings. The number of thiazole rings is 1. The molecule has 0 fully saturated rings. The van der Waals surface area contributed by atoms with Gasteiger partial charge in [-0.25, -0.2) is 9.97 Å². The lowest BCUT2D eigenvalue weighted by Crippen LogP contribution is -2.08. The van der Waals surface area contributed by atoms with Gasteiger partial charge in [-0.05, 0) is 25.5 Å². The second-order valence-corrected chi connectivity index (χ2v) is 4.77. The molecule has 0 spiro atoms. The Kier molecular flexibility index (Phi) is 3.90. The number of pyridine rings is 1. The number of rotatable bonds is 4. The molecule has 0 amide bonds. The van der Waals surface area contributed by atoms with Crippen LogP contribution >= 0.6 is 11.3 Å². The van der Waals surface area contributed by atoms with E-state index in [-0.39, 0.29) is 0 Å². The minimum absolute atomic E-state index is 0.667. The summed E-state index contributed by atoms with van der Waals surface area (Å²) in [6, 6.07) is 4.08. The fraction of sp³-hybridized carbons (Fsp3) is 0.308. The number of nitrogens with one attached hydrogen (secondary N) is 1. The molecule has 0 aliphatic heterocycles. The van der Waals surface area contributed by atoms with Crippen molar-refractivity contribution in [2.75, 3.05) is 11.9 Å². The molecule has 0 radical (unpaired) electrons. The van der Waals surface area contributed by atoms with Crippen molar-refractivity contribution in [3.8, 4) is 6.07 Å². The van der Waals surface area contributed by atoms with Gasteiger partial charge in [0, 0.05) is 18.3 Å². The van der Waals surface area contributed by atoms with Crippen LogP contribution in [-0.4, -0.2) is 16.5 Å². The number of nitriles is 1. The van der Waals surface area contributed by atoms with Crippen molar-refractivity contribution >= 4 is 17.2 Å². The first-order valence-electron chi connectivity index (χ1n) is 5.70. The van der Waals surface area contributed by atoms with Crippen LogP contribution in [0.25, 0.3) is 0 Å². The standard InChI is InChI=1S/C13H14N4S/c1-9-5-13(17-10(2)12(9)6-14)15-4-3-11-7-18-8-16-11/h5,7-8H,3-4H2,1-2H3,(H,15,17). The van der Waals surface area contributed by atoms with E-state index in [0.717, 1.165) is 35.7 Å². The van der Waals surface area contributed by atoms with E-state index in [1.165, 1.54) is 0 Å². The fourth-order valence-corrected chi connectivity index (χ4v) is 2.36. The highest BCUT2D eigenvalue weighted by Gasteiger charge is 2.05. The number of aryl methyl sites for hydroxylation is 2. The molecule has 0 aliphatic rings. The summed E-state index contributed by atoms with van der Waals surface area (Å²) in [6.45, 7) is 4.58. The Morgan fingerprint density at radius 1 is 1.44 bits per heavy atom. The Morgan fingerprint density at radius 3 is 2.89 bits per heavy atom. The molecule has 0 saturated carbocycles. The van der Waals surface area contributed by atoms with Crippen LogP contribution in [0.1, 0.15) is 22.5 Å². The Bertz CT molecular complexity index is 546. The van der Waals surface area contributed by atoms with E-state index in [1.54, 1.807) is 11.3 Å². The monoisotopic (exact) mass is 258 g/mol. The molecular formula is C13H14N4S. The molecule has 0 aliphatic carbocycles. The largest absolute Gasteiger partial charge is 0.370 e. The molecule has 0 aromatic carbocycles. The van der Waals surface area contributed by atoms with Crippen molar-refractivity contribution in [2.24, 2.45) is 0 Å². The van der Waals surface area contributed by atoms with E-state index in [2.05, 4.69) is 21.4 Å². The SMILES string of the molecule is Cc1cc(NCCc2cscn2)nc(C)c1C#N. The lowest BCUT2D eigenvalue weighted by Gasteiger charge is -2.08. The number of nitrogens with zero attached hydrogens (tertiary/aromatic N) is 3. The third-order valence-corrected chi connectivity index (χ3v) is 3.32. The van der Waals surface area contributed by atoms with Crippen LogP contribution in [0.3, 0.4) is 0 Å². The first-order chi connectivity index (χ1) is 8.70. The van der Waals surface area contributed by atoms with Crippen molar-refractivity contribution in [1.82, 2.24) is 9.97 Å². The van der Waals surface area contributed by atoms with Gasteiger partial charge in [-0.2, -0.15) is 5.26 Å². The molecular weight excluding hydrogens is 244 g/mol. The van der Waals surface area contributed by atoms with Crippen molar-refractivity contribution in [2.45, 2.75) is 20.3 Å². The van der Waals surface area contributed by atoms with Gasteiger partial charge >= 0.3 is 0 Å². The average Bonchev–Trinajstić information content (AvgIpc) is 2.82. The summed E-state index contributed by atoms with van der Waals surface area (Å²) in [6.07, 6.45) is 0.878. The van der Waals surface area contributed by atoms with E-state index in [1.807, 2.05) is 30.8 Å². The molecule has 0 atom stereocenters. The summed E-state index contributed by atoms with van der Waals surface area (Å²) in [5, 5.41) is 14.3. The fourth-order valence-electron chi connectivity index (χ4n) is 1.77. The smallest absolute Gasteiger partial charge is 0.126 e. The van der Waals surface area contributed by atoms with Gasteiger partial charge in [-0.3, -0.25) is 0 Å². The highest BCUT2D eigenvalue weighted by molar-refractivity contribution is 7.07. The predicted molar refractivity (Wildman–Crippen MR) is 72.7 cm³/mol. The van der Waals surface area contributed by atoms with Gasteiger partial charge < -0.3 is 5.32 Å². The maximum Gasteiger partial charge on any atom is 0.126 e. The number of hydrogen-bond donors (Lipinski definition) is 1. The van der Waals surface area contributed by atoms with Gasteiger partial charge in [-0.15, -0.1) is 11.3 Å². The Labute approximate surface area is 110 Å². The van der Waals surface area contributed by atoms with Crippen molar-refractivity contribution in [3.05, 3.63) is 39.5 Å². The van der Waals surface area contributed by atoms with Crippen molar-refractivity contribution in [1.29, 1.82) is 5.26 Å². The molecule has 0 bridgehead atoms. The summed E-state index contributed by atoms with van der Waals surface area (Å²) >= 11 is 1.61. The molecule has 2 aromatic heterocycles. The van der Waals surface area contributed by atoms with Gasteiger partial charge in [0.2, 0.25) is 0 Å². The summed E-state index contributed by atoms with van der Waals surface area (Å²) in [5.74, 6) is 0.819. The van der Waals surface area contributed by atoms with E-state index >= 15 is 0 Å². The highest BCUT2D eigenvalue weighted by atomic mass is 32.1. The van der Waals surface area contributed by atoms with Crippen LogP contribution in [0.5, 0.6) is 0 Å². The zero-order chi connectivity index (χ0) is 13.0. The van der Waals surface area contributed by atoms with Gasteiger partial charge in [-0.1, -0.05) is 0 Å². The van der Waals surface area contributed by atoms with E-state index in [0.29, 0.717) is 5.56 Å². The maximum absolute atomic E-state index is 8.97. The van der Waals surface area contributed by atoms with Crippen molar-refractivity contribution in [3.63, 3.8) is 0 Å². The third kappa shape index (κ3) is 2.84. The zero-order valence-electron chi connectivity index (χ0n) is 10.4. The Hall–Kier alpha value is -1.93. The van der Waals surface area contributed by atoms with Gasteiger partial charge in [0.1, 0.15) is 11.9 Å². The molecule has 5 heteroatoms. The first-order valence-corrected chi connectivity index (χ1v) is 6.64. The van der Waals surface area contributed by atoms with E-state index < -0.39 is 0 Å². The van der Waals surface area contributed by atoms with Crippen molar-refractivity contribution < 1.29 is 0 Å². The second kappa shape index (κ2) is 5.61. The molecule has 4 nitrogen and oxygen atoms in total. The minimum Gasteiger partial charge on any atom is -0.370 e. The molecule has 18 heavy (non-hydrogen) atoms.